The molecule has 0 aliphatic rings. The molecular weight excluding hydrogens is 312 g/mol. The Labute approximate surface area is 138 Å². The zero-order valence-corrected chi connectivity index (χ0v) is 13.1. The third kappa shape index (κ3) is 3.76. The molecule has 0 atom stereocenters. The quantitative estimate of drug-likeness (QED) is 0.784. The second kappa shape index (κ2) is 7.07. The summed E-state index contributed by atoms with van der Waals surface area (Å²) in [5.74, 6) is -0.189. The molecule has 3 rings (SSSR count). The van der Waals surface area contributed by atoms with Crippen LogP contribution in [0.15, 0.2) is 61.2 Å². The third-order valence-electron chi connectivity index (χ3n) is 3.48. The van der Waals surface area contributed by atoms with E-state index in [1.54, 1.807) is 35.3 Å². The van der Waals surface area contributed by atoms with Crippen molar-refractivity contribution in [2.45, 2.75) is 13.1 Å². The van der Waals surface area contributed by atoms with E-state index in [0.29, 0.717) is 23.7 Å². The van der Waals surface area contributed by atoms with Gasteiger partial charge in [-0.1, -0.05) is 48.0 Å². The van der Waals surface area contributed by atoms with Crippen LogP contribution in [0.25, 0.3) is 0 Å². The average Bonchev–Trinajstić information content (AvgIpc) is 3.07. The Balaban J connectivity index is 1.71. The Morgan fingerprint density at radius 1 is 1.09 bits per heavy atom. The molecule has 3 aromatic rings. The van der Waals surface area contributed by atoms with Crippen molar-refractivity contribution >= 4 is 17.5 Å². The highest BCUT2D eigenvalue weighted by Crippen LogP contribution is 2.15. The molecule has 0 fully saturated rings. The maximum Gasteiger partial charge on any atom is 0.253 e. The monoisotopic (exact) mass is 326 g/mol. The van der Waals surface area contributed by atoms with Crippen molar-refractivity contribution in [1.82, 2.24) is 20.1 Å². The molecule has 116 valence electrons. The summed E-state index contributed by atoms with van der Waals surface area (Å²) in [6.45, 7) is 1.03. The number of benzene rings is 2. The molecule has 1 aromatic heterocycles. The standard InChI is InChI=1S/C17H15ClN4O/c18-16-8-4-3-7-15(16)17(23)20-9-13-5-1-2-6-14(13)10-22-12-19-11-21-22/h1-8,11-12H,9-10H2,(H,20,23). The van der Waals surface area contributed by atoms with Gasteiger partial charge < -0.3 is 5.32 Å². The number of carbonyl (C=O) groups is 1. The summed E-state index contributed by atoms with van der Waals surface area (Å²) < 4.78 is 1.74. The van der Waals surface area contributed by atoms with Crippen LogP contribution in [-0.2, 0) is 13.1 Å². The number of amides is 1. The first-order chi connectivity index (χ1) is 11.2. The minimum atomic E-state index is -0.189. The molecule has 1 heterocycles. The summed E-state index contributed by atoms with van der Waals surface area (Å²) in [7, 11) is 0. The fraction of sp³-hybridized carbons (Fsp3) is 0.118. The summed E-state index contributed by atoms with van der Waals surface area (Å²) in [6, 6.07) is 14.9. The van der Waals surface area contributed by atoms with Crippen molar-refractivity contribution in [2.75, 3.05) is 0 Å². The van der Waals surface area contributed by atoms with Gasteiger partial charge in [0.25, 0.3) is 5.91 Å². The van der Waals surface area contributed by atoms with Gasteiger partial charge in [0.15, 0.2) is 0 Å². The summed E-state index contributed by atoms with van der Waals surface area (Å²) in [4.78, 5) is 16.2. The first-order valence-corrected chi connectivity index (χ1v) is 7.54. The molecule has 0 aliphatic carbocycles. The van der Waals surface area contributed by atoms with Gasteiger partial charge in [0.2, 0.25) is 0 Å². The van der Waals surface area contributed by atoms with Crippen molar-refractivity contribution in [2.24, 2.45) is 0 Å². The molecule has 0 radical (unpaired) electrons. The van der Waals surface area contributed by atoms with Crippen molar-refractivity contribution in [3.8, 4) is 0 Å². The number of nitrogens with zero attached hydrogens (tertiary/aromatic N) is 3. The lowest BCUT2D eigenvalue weighted by molar-refractivity contribution is 0.0951. The van der Waals surface area contributed by atoms with Crippen molar-refractivity contribution in [1.29, 1.82) is 0 Å². The Hall–Kier alpha value is -2.66. The van der Waals surface area contributed by atoms with Crippen LogP contribution in [0.3, 0.4) is 0 Å². The maximum absolute atomic E-state index is 12.2. The summed E-state index contributed by atoms with van der Waals surface area (Å²) in [6.07, 6.45) is 3.17. The first-order valence-electron chi connectivity index (χ1n) is 7.16. The van der Waals surface area contributed by atoms with Crippen LogP contribution in [0.4, 0.5) is 0 Å². The molecule has 0 aliphatic heterocycles. The highest BCUT2D eigenvalue weighted by atomic mass is 35.5. The van der Waals surface area contributed by atoms with E-state index in [1.165, 1.54) is 6.33 Å². The van der Waals surface area contributed by atoms with Gasteiger partial charge in [-0.3, -0.25) is 4.79 Å². The smallest absolute Gasteiger partial charge is 0.253 e. The molecule has 1 N–H and O–H groups in total. The van der Waals surface area contributed by atoms with Gasteiger partial charge in [-0.05, 0) is 23.3 Å². The van der Waals surface area contributed by atoms with Crippen LogP contribution in [0.1, 0.15) is 21.5 Å². The maximum atomic E-state index is 12.2. The third-order valence-corrected chi connectivity index (χ3v) is 3.80. The molecule has 6 heteroatoms. The zero-order valence-electron chi connectivity index (χ0n) is 12.3. The van der Waals surface area contributed by atoms with Gasteiger partial charge in [0.05, 0.1) is 17.1 Å². The molecule has 0 bridgehead atoms. The van der Waals surface area contributed by atoms with Crippen LogP contribution in [0, 0.1) is 0 Å². The normalized spacial score (nSPS) is 10.5. The van der Waals surface area contributed by atoms with Gasteiger partial charge in [0.1, 0.15) is 12.7 Å². The predicted octanol–water partition coefficient (Wildman–Crippen LogP) is 2.91. The molecule has 1 amide bonds. The van der Waals surface area contributed by atoms with Crippen LogP contribution >= 0.6 is 11.6 Å². The predicted molar refractivity (Wildman–Crippen MR) is 88.2 cm³/mol. The molecule has 0 saturated heterocycles. The van der Waals surface area contributed by atoms with Crippen LogP contribution < -0.4 is 5.32 Å². The van der Waals surface area contributed by atoms with E-state index in [-0.39, 0.29) is 5.91 Å². The van der Waals surface area contributed by atoms with E-state index < -0.39 is 0 Å². The molecule has 0 saturated carbocycles. The largest absolute Gasteiger partial charge is 0.348 e. The summed E-state index contributed by atoms with van der Waals surface area (Å²) >= 11 is 6.05. The lowest BCUT2D eigenvalue weighted by atomic mass is 10.1. The molecule has 0 spiro atoms. The minimum Gasteiger partial charge on any atom is -0.348 e. The second-order valence-electron chi connectivity index (χ2n) is 5.02. The van der Waals surface area contributed by atoms with E-state index in [9.17, 15) is 4.79 Å². The fourth-order valence-electron chi connectivity index (χ4n) is 2.29. The number of aromatic nitrogens is 3. The van der Waals surface area contributed by atoms with Crippen LogP contribution in [0.2, 0.25) is 5.02 Å². The van der Waals surface area contributed by atoms with Gasteiger partial charge >= 0.3 is 0 Å². The molecule has 2 aromatic carbocycles. The van der Waals surface area contributed by atoms with E-state index >= 15 is 0 Å². The average molecular weight is 327 g/mol. The first kappa shape index (κ1) is 15.2. The molecule has 5 nitrogen and oxygen atoms in total. The number of nitrogens with one attached hydrogen (secondary N) is 1. The number of hydrogen-bond acceptors (Lipinski definition) is 3. The minimum absolute atomic E-state index is 0.189. The van der Waals surface area contributed by atoms with Crippen LogP contribution in [0.5, 0.6) is 0 Å². The topological polar surface area (TPSA) is 59.8 Å². The highest BCUT2D eigenvalue weighted by molar-refractivity contribution is 6.33. The van der Waals surface area contributed by atoms with Crippen molar-refractivity contribution in [3.05, 3.63) is 82.9 Å². The number of halogens is 1. The van der Waals surface area contributed by atoms with Gasteiger partial charge in [-0.25, -0.2) is 9.67 Å². The lowest BCUT2D eigenvalue weighted by Gasteiger charge is -2.11. The Morgan fingerprint density at radius 3 is 2.57 bits per heavy atom. The van der Waals surface area contributed by atoms with Crippen molar-refractivity contribution < 1.29 is 4.79 Å². The molecular formula is C17H15ClN4O. The van der Waals surface area contributed by atoms with E-state index in [4.69, 9.17) is 11.6 Å². The number of hydrogen-bond donors (Lipinski definition) is 1. The van der Waals surface area contributed by atoms with Gasteiger partial charge in [-0.2, -0.15) is 5.10 Å². The summed E-state index contributed by atoms with van der Waals surface area (Å²) in [5.41, 5.74) is 2.59. The number of carbonyl (C=O) groups excluding carboxylic acids is 1. The SMILES string of the molecule is O=C(NCc1ccccc1Cn1cncn1)c1ccccc1Cl. The summed E-state index contributed by atoms with van der Waals surface area (Å²) in [5, 5.41) is 7.46. The Bertz CT molecular complexity index is 802. The lowest BCUT2D eigenvalue weighted by Crippen LogP contribution is -2.24. The van der Waals surface area contributed by atoms with E-state index in [0.717, 1.165) is 11.1 Å². The second-order valence-corrected chi connectivity index (χ2v) is 5.43. The molecule has 0 unspecified atom stereocenters. The highest BCUT2D eigenvalue weighted by Gasteiger charge is 2.10. The van der Waals surface area contributed by atoms with Gasteiger partial charge in [0, 0.05) is 6.54 Å². The Kier molecular flexibility index (Phi) is 4.68. The number of rotatable bonds is 5. The van der Waals surface area contributed by atoms with Crippen molar-refractivity contribution in [3.63, 3.8) is 0 Å². The van der Waals surface area contributed by atoms with E-state index in [2.05, 4.69) is 15.4 Å². The van der Waals surface area contributed by atoms with Crippen LogP contribution in [-0.4, -0.2) is 20.7 Å². The Morgan fingerprint density at radius 2 is 1.83 bits per heavy atom. The van der Waals surface area contributed by atoms with E-state index in [1.807, 2.05) is 24.3 Å². The molecule has 23 heavy (non-hydrogen) atoms. The van der Waals surface area contributed by atoms with Gasteiger partial charge in [-0.15, -0.1) is 0 Å². The zero-order chi connectivity index (χ0) is 16.1. The fourth-order valence-corrected chi connectivity index (χ4v) is 2.51.